The summed E-state index contributed by atoms with van der Waals surface area (Å²) in [6.45, 7) is 6.82. The molecule has 12 unspecified atom stereocenters. The van der Waals surface area contributed by atoms with Gasteiger partial charge in [0, 0.05) is 18.6 Å². The minimum absolute atomic E-state index is 0.0241. The highest BCUT2D eigenvalue weighted by Gasteiger charge is 2.67. The molecule has 3 aliphatic carbocycles. The molecule has 3 saturated carbocycles. The summed E-state index contributed by atoms with van der Waals surface area (Å²) in [5.41, 5.74) is 3.03. The predicted molar refractivity (Wildman–Crippen MR) is 115 cm³/mol. The van der Waals surface area contributed by atoms with Gasteiger partial charge in [-0.15, -0.1) is 0 Å². The summed E-state index contributed by atoms with van der Waals surface area (Å²) < 4.78 is 0. The fourth-order valence-electron chi connectivity index (χ4n) is 8.44. The van der Waals surface area contributed by atoms with E-state index in [0.717, 1.165) is 38.5 Å². The molecule has 7 heteroatoms. The molecule has 2 heterocycles. The molecule has 4 N–H and O–H groups in total. The Morgan fingerprint density at radius 1 is 0.871 bits per heavy atom. The van der Waals surface area contributed by atoms with Crippen LogP contribution in [0.4, 0.5) is 0 Å². The largest absolute Gasteiger partial charge is 0.393 e. The number of fused-ring (bicyclic) bond motifs is 5. The highest BCUT2D eigenvalue weighted by atomic mass is 16.3. The van der Waals surface area contributed by atoms with E-state index < -0.39 is 0 Å². The second-order valence-corrected chi connectivity index (χ2v) is 11.0. The lowest BCUT2D eigenvalue weighted by molar-refractivity contribution is -0.144. The van der Waals surface area contributed by atoms with Gasteiger partial charge in [0.2, 0.25) is 11.8 Å². The summed E-state index contributed by atoms with van der Waals surface area (Å²) in [5, 5.41) is 26.4. The van der Waals surface area contributed by atoms with Gasteiger partial charge in [-0.2, -0.15) is 0 Å². The Kier molecular flexibility index (Phi) is 5.69. The number of amides is 2. The summed E-state index contributed by atoms with van der Waals surface area (Å²) >= 11 is 0. The third-order valence-electron chi connectivity index (χ3n) is 9.74. The Morgan fingerprint density at radius 2 is 1.48 bits per heavy atom. The quantitative estimate of drug-likeness (QED) is 0.501. The Bertz CT molecular complexity index is 732. The van der Waals surface area contributed by atoms with Crippen molar-refractivity contribution in [2.45, 2.75) is 83.6 Å². The lowest BCUT2D eigenvalue weighted by atomic mass is 9.52. The molecule has 0 bridgehead atoms. The number of aliphatic hydroxyl groups excluding tert-OH is 2. The zero-order chi connectivity index (χ0) is 22.0. The number of imide groups is 1. The summed E-state index contributed by atoms with van der Waals surface area (Å²) in [5.74, 6) is 0.217. The van der Waals surface area contributed by atoms with Gasteiger partial charge in [-0.1, -0.05) is 33.6 Å². The molecule has 5 aliphatic rings. The van der Waals surface area contributed by atoms with Gasteiger partial charge in [-0.25, -0.2) is 10.4 Å². The molecule has 5 rings (SSSR count). The van der Waals surface area contributed by atoms with Gasteiger partial charge >= 0.3 is 0 Å². The zero-order valence-corrected chi connectivity index (χ0v) is 19.0. The number of hydrazine groups is 1. The number of aliphatic hydroxyl groups is 2. The van der Waals surface area contributed by atoms with Crippen LogP contribution in [0, 0.1) is 47.3 Å². The number of nitrogens with zero attached hydrogens (tertiary/aromatic N) is 1. The van der Waals surface area contributed by atoms with Crippen LogP contribution < -0.4 is 10.7 Å². The first-order chi connectivity index (χ1) is 14.9. The Balaban J connectivity index is 1.56. The summed E-state index contributed by atoms with van der Waals surface area (Å²) in [6.07, 6.45) is 4.89. The molecule has 2 aliphatic heterocycles. The van der Waals surface area contributed by atoms with Crippen molar-refractivity contribution in [1.29, 1.82) is 0 Å². The van der Waals surface area contributed by atoms with Gasteiger partial charge < -0.3 is 15.5 Å². The van der Waals surface area contributed by atoms with Crippen LogP contribution in [0.25, 0.3) is 0 Å². The average Bonchev–Trinajstić information content (AvgIpc) is 3.24. The van der Waals surface area contributed by atoms with Crippen LogP contribution in [0.2, 0.25) is 0 Å². The second-order valence-electron chi connectivity index (χ2n) is 11.0. The van der Waals surface area contributed by atoms with Gasteiger partial charge in [0.1, 0.15) is 0 Å². The number of carbonyl (C=O) groups is 2. The Hall–Kier alpha value is -1.02. The summed E-state index contributed by atoms with van der Waals surface area (Å²) in [7, 11) is 0. The predicted octanol–water partition coefficient (Wildman–Crippen LogP) is 1.29. The highest BCUT2D eigenvalue weighted by Crippen LogP contribution is 2.58. The van der Waals surface area contributed by atoms with E-state index in [0.29, 0.717) is 6.54 Å². The summed E-state index contributed by atoms with van der Waals surface area (Å²) in [4.78, 5) is 27.3. The topological polar surface area (TPSA) is 102 Å². The monoisotopic (exact) mass is 433 g/mol. The first-order valence-corrected chi connectivity index (χ1v) is 12.6. The van der Waals surface area contributed by atoms with Crippen molar-refractivity contribution in [2.24, 2.45) is 47.3 Å². The zero-order valence-electron chi connectivity index (χ0n) is 19.0. The van der Waals surface area contributed by atoms with Crippen LogP contribution in [0.1, 0.15) is 59.3 Å². The molecule has 0 aromatic heterocycles. The van der Waals surface area contributed by atoms with Gasteiger partial charge in [0.25, 0.3) is 0 Å². The minimum Gasteiger partial charge on any atom is -0.393 e. The minimum atomic E-state index is -0.374. The van der Waals surface area contributed by atoms with Crippen LogP contribution in [-0.4, -0.2) is 57.9 Å². The third-order valence-corrected chi connectivity index (χ3v) is 9.74. The van der Waals surface area contributed by atoms with E-state index in [1.165, 1.54) is 5.01 Å². The van der Waals surface area contributed by atoms with Crippen LogP contribution >= 0.6 is 0 Å². The molecule has 0 radical (unpaired) electrons. The van der Waals surface area contributed by atoms with Crippen molar-refractivity contribution in [2.75, 3.05) is 6.54 Å². The number of nitrogens with one attached hydrogen (secondary N) is 2. The van der Waals surface area contributed by atoms with Gasteiger partial charge in [-0.05, 0) is 61.2 Å². The smallest absolute Gasteiger partial charge is 0.248 e. The van der Waals surface area contributed by atoms with Gasteiger partial charge in [0.15, 0.2) is 0 Å². The van der Waals surface area contributed by atoms with Crippen molar-refractivity contribution in [1.82, 2.24) is 15.8 Å². The first-order valence-electron chi connectivity index (χ1n) is 12.6. The normalized spacial score (nSPS) is 52.1. The first kappa shape index (κ1) is 21.8. The molecule has 5 fully saturated rings. The average molecular weight is 434 g/mol. The van der Waals surface area contributed by atoms with Crippen LogP contribution in [0.5, 0.6) is 0 Å². The molecule has 2 saturated heterocycles. The molecule has 7 nitrogen and oxygen atoms in total. The van der Waals surface area contributed by atoms with Crippen LogP contribution in [0.15, 0.2) is 0 Å². The van der Waals surface area contributed by atoms with Crippen molar-refractivity contribution >= 4 is 11.8 Å². The van der Waals surface area contributed by atoms with E-state index in [9.17, 15) is 19.8 Å². The van der Waals surface area contributed by atoms with E-state index in [2.05, 4.69) is 24.6 Å². The van der Waals surface area contributed by atoms with Crippen molar-refractivity contribution in [3.8, 4) is 0 Å². The lowest BCUT2D eigenvalue weighted by Gasteiger charge is -2.51. The number of carbonyl (C=O) groups excluding carboxylic acids is 2. The SMILES string of the molecule is CCNN1C(=O)C2C(C1=O)C1C3CCCC(O)C3NC1C(C)C2C1CCCC(O)C1C. The second kappa shape index (κ2) is 8.08. The molecular weight excluding hydrogens is 394 g/mol. The molecule has 0 aromatic rings. The lowest BCUT2D eigenvalue weighted by Crippen LogP contribution is -2.56. The van der Waals surface area contributed by atoms with E-state index in [-0.39, 0.29) is 83.4 Å². The molecule has 12 atom stereocenters. The van der Waals surface area contributed by atoms with E-state index in [1.807, 2.05) is 6.92 Å². The highest BCUT2D eigenvalue weighted by molar-refractivity contribution is 6.05. The maximum absolute atomic E-state index is 13.7. The van der Waals surface area contributed by atoms with Gasteiger partial charge in [0.05, 0.1) is 24.0 Å². The Morgan fingerprint density at radius 3 is 2.16 bits per heavy atom. The van der Waals surface area contributed by atoms with Crippen molar-refractivity contribution < 1.29 is 19.8 Å². The number of hydrogen-bond donors (Lipinski definition) is 4. The van der Waals surface area contributed by atoms with E-state index in [1.54, 1.807) is 0 Å². The molecule has 31 heavy (non-hydrogen) atoms. The maximum Gasteiger partial charge on any atom is 0.248 e. The molecule has 0 aromatic carbocycles. The Labute approximate surface area is 185 Å². The third kappa shape index (κ3) is 3.14. The maximum atomic E-state index is 13.7. The number of rotatable bonds is 3. The van der Waals surface area contributed by atoms with Gasteiger partial charge in [-0.3, -0.25) is 9.59 Å². The fraction of sp³-hybridized carbons (Fsp3) is 0.917. The van der Waals surface area contributed by atoms with Crippen molar-refractivity contribution in [3.63, 3.8) is 0 Å². The molecule has 174 valence electrons. The standard InChI is InChI=1S/C24H39N3O4/c1-4-25-27-23(30)19-17(13-7-5-9-15(28)11(13)2)12(3)21-18(20(19)24(27)31)14-8-6-10-16(29)22(14)26-21/h11-22,25-26,28-29H,4-10H2,1-3H3. The molecule has 0 spiro atoms. The number of hydrogen-bond acceptors (Lipinski definition) is 6. The van der Waals surface area contributed by atoms with E-state index in [4.69, 9.17) is 0 Å². The molecular formula is C24H39N3O4. The molecule has 2 amide bonds. The summed E-state index contributed by atoms with van der Waals surface area (Å²) in [6, 6.07) is 0.162. The van der Waals surface area contributed by atoms with Crippen molar-refractivity contribution in [3.05, 3.63) is 0 Å². The van der Waals surface area contributed by atoms with Crippen LogP contribution in [0.3, 0.4) is 0 Å². The van der Waals surface area contributed by atoms with E-state index >= 15 is 0 Å². The fourth-order valence-corrected chi connectivity index (χ4v) is 8.44. The van der Waals surface area contributed by atoms with Crippen LogP contribution in [-0.2, 0) is 9.59 Å².